The molecule has 0 radical (unpaired) electrons. The second-order valence-corrected chi connectivity index (χ2v) is 9.13. The third-order valence-electron chi connectivity index (χ3n) is 3.94. The molecule has 1 N–H and O–H groups in total. The van der Waals surface area contributed by atoms with Crippen LogP contribution in [0.5, 0.6) is 0 Å². The monoisotopic (exact) mass is 496 g/mol. The zero-order valence-electron chi connectivity index (χ0n) is 14.8. The van der Waals surface area contributed by atoms with Crippen molar-refractivity contribution in [2.45, 2.75) is 4.90 Å². The van der Waals surface area contributed by atoms with Crippen molar-refractivity contribution in [3.8, 4) is 0 Å². The lowest BCUT2D eigenvalue weighted by atomic mass is 10.3. The van der Waals surface area contributed by atoms with Crippen LogP contribution in [0.4, 0.5) is 15.8 Å². The van der Waals surface area contributed by atoms with Crippen molar-refractivity contribution in [2.24, 2.45) is 0 Å². The van der Waals surface area contributed by atoms with Gasteiger partial charge in [0.2, 0.25) is 5.91 Å². The maximum atomic E-state index is 14.0. The number of para-hydroxylation sites is 1. The molecular weight excluding hydrogens is 483 g/mol. The Labute approximate surface area is 181 Å². The first-order valence-electron chi connectivity index (χ1n) is 8.36. The van der Waals surface area contributed by atoms with E-state index >= 15 is 0 Å². The van der Waals surface area contributed by atoms with E-state index in [1.807, 2.05) is 0 Å². The zero-order valence-corrected chi connectivity index (χ0v) is 18.0. The molecule has 0 aromatic heterocycles. The molecule has 0 aliphatic rings. The van der Waals surface area contributed by atoms with Crippen LogP contribution in [0.3, 0.4) is 0 Å². The molecule has 0 spiro atoms. The van der Waals surface area contributed by atoms with Gasteiger partial charge in [-0.1, -0.05) is 57.9 Å². The van der Waals surface area contributed by atoms with E-state index in [-0.39, 0.29) is 21.3 Å². The van der Waals surface area contributed by atoms with Crippen molar-refractivity contribution in [1.82, 2.24) is 0 Å². The highest BCUT2D eigenvalue weighted by atomic mass is 79.9. The van der Waals surface area contributed by atoms with Crippen LogP contribution >= 0.6 is 27.5 Å². The minimum absolute atomic E-state index is 0.00235. The molecular formula is C20H15BrClFN2O3S. The Morgan fingerprint density at radius 3 is 2.34 bits per heavy atom. The molecule has 0 fully saturated rings. The van der Waals surface area contributed by atoms with Gasteiger partial charge < -0.3 is 5.32 Å². The molecule has 3 rings (SSSR count). The molecule has 9 heteroatoms. The second kappa shape index (κ2) is 8.94. The average molecular weight is 498 g/mol. The maximum Gasteiger partial charge on any atom is 0.264 e. The van der Waals surface area contributed by atoms with Gasteiger partial charge in [0.25, 0.3) is 10.0 Å². The summed E-state index contributed by atoms with van der Waals surface area (Å²) in [5.74, 6) is -1.37. The number of anilines is 2. The van der Waals surface area contributed by atoms with Gasteiger partial charge in [-0.2, -0.15) is 0 Å². The molecule has 1 amide bonds. The number of rotatable bonds is 6. The first-order valence-corrected chi connectivity index (χ1v) is 11.0. The van der Waals surface area contributed by atoms with Crippen molar-refractivity contribution in [3.05, 3.63) is 88.1 Å². The lowest BCUT2D eigenvalue weighted by molar-refractivity contribution is -0.114. The normalized spacial score (nSPS) is 11.1. The number of carbonyl (C=O) groups excluding carboxylic acids is 1. The minimum Gasteiger partial charge on any atom is -0.322 e. The standard InChI is InChI=1S/C20H15BrClFN2O3S/c21-14-10-11-18(17(23)12-14)24-20(26)13-25(19-9-5-4-8-16(19)22)29(27,28)15-6-2-1-3-7-15/h1-12H,13H2,(H,24,26). The van der Waals surface area contributed by atoms with Crippen LogP contribution in [0, 0.1) is 5.82 Å². The van der Waals surface area contributed by atoms with E-state index in [1.54, 1.807) is 36.4 Å². The summed E-state index contributed by atoms with van der Waals surface area (Å²) in [5, 5.41) is 2.56. The smallest absolute Gasteiger partial charge is 0.264 e. The van der Waals surface area contributed by atoms with Gasteiger partial charge in [0.15, 0.2) is 0 Å². The topological polar surface area (TPSA) is 66.5 Å². The van der Waals surface area contributed by atoms with Gasteiger partial charge in [-0.05, 0) is 42.5 Å². The molecule has 3 aromatic carbocycles. The fourth-order valence-electron chi connectivity index (χ4n) is 2.58. The predicted molar refractivity (Wildman–Crippen MR) is 115 cm³/mol. The quantitative estimate of drug-likeness (QED) is 0.517. The summed E-state index contributed by atoms with van der Waals surface area (Å²) < 4.78 is 41.8. The number of hydrogen-bond donors (Lipinski definition) is 1. The van der Waals surface area contributed by atoms with Gasteiger partial charge >= 0.3 is 0 Å². The summed E-state index contributed by atoms with van der Waals surface area (Å²) in [5.41, 5.74) is 0.0823. The summed E-state index contributed by atoms with van der Waals surface area (Å²) in [6.07, 6.45) is 0. The Hall–Kier alpha value is -2.42. The molecule has 3 aromatic rings. The van der Waals surface area contributed by atoms with Gasteiger partial charge in [0, 0.05) is 4.47 Å². The van der Waals surface area contributed by atoms with E-state index in [9.17, 15) is 17.6 Å². The Morgan fingerprint density at radius 1 is 1.03 bits per heavy atom. The summed E-state index contributed by atoms with van der Waals surface area (Å²) in [7, 11) is -4.09. The Balaban J connectivity index is 1.96. The molecule has 0 saturated heterocycles. The summed E-state index contributed by atoms with van der Waals surface area (Å²) in [6, 6.07) is 18.1. The first kappa shape index (κ1) is 21.3. The highest BCUT2D eigenvalue weighted by Gasteiger charge is 2.28. The van der Waals surface area contributed by atoms with Crippen LogP contribution < -0.4 is 9.62 Å². The number of halogens is 3. The van der Waals surface area contributed by atoms with Crippen molar-refractivity contribution >= 4 is 54.8 Å². The van der Waals surface area contributed by atoms with Crippen LogP contribution in [-0.4, -0.2) is 20.9 Å². The zero-order chi connectivity index (χ0) is 21.0. The van der Waals surface area contributed by atoms with Gasteiger partial charge in [-0.25, -0.2) is 12.8 Å². The highest BCUT2D eigenvalue weighted by Crippen LogP contribution is 2.30. The molecule has 0 aliphatic carbocycles. The molecule has 0 saturated carbocycles. The van der Waals surface area contributed by atoms with Gasteiger partial charge in [0.05, 0.1) is 21.3 Å². The number of hydrogen-bond acceptors (Lipinski definition) is 3. The maximum absolute atomic E-state index is 14.0. The predicted octanol–water partition coefficient (Wildman–Crippen LogP) is 5.08. The molecule has 0 aliphatic heterocycles. The fraction of sp³-hybridized carbons (Fsp3) is 0.0500. The lowest BCUT2D eigenvalue weighted by Crippen LogP contribution is -2.38. The first-order chi connectivity index (χ1) is 13.8. The summed E-state index contributed by atoms with van der Waals surface area (Å²) in [4.78, 5) is 12.6. The Kier molecular flexibility index (Phi) is 6.56. The number of nitrogens with zero attached hydrogens (tertiary/aromatic N) is 1. The highest BCUT2D eigenvalue weighted by molar-refractivity contribution is 9.10. The minimum atomic E-state index is -4.09. The lowest BCUT2D eigenvalue weighted by Gasteiger charge is -2.25. The van der Waals surface area contributed by atoms with Crippen LogP contribution in [0.2, 0.25) is 5.02 Å². The van der Waals surface area contributed by atoms with E-state index in [4.69, 9.17) is 11.6 Å². The number of amides is 1. The number of carbonyl (C=O) groups is 1. The van der Waals surface area contributed by atoms with Crippen molar-refractivity contribution in [1.29, 1.82) is 0 Å². The van der Waals surface area contributed by atoms with Crippen LogP contribution in [-0.2, 0) is 14.8 Å². The van der Waals surface area contributed by atoms with Crippen molar-refractivity contribution in [2.75, 3.05) is 16.2 Å². The Morgan fingerprint density at radius 2 is 1.69 bits per heavy atom. The molecule has 0 bridgehead atoms. The number of benzene rings is 3. The summed E-state index contributed by atoms with van der Waals surface area (Å²) in [6.45, 7) is -0.587. The average Bonchev–Trinajstić information content (AvgIpc) is 2.69. The molecule has 5 nitrogen and oxygen atoms in total. The summed E-state index contributed by atoms with van der Waals surface area (Å²) >= 11 is 9.33. The van der Waals surface area contributed by atoms with E-state index in [0.29, 0.717) is 4.47 Å². The largest absolute Gasteiger partial charge is 0.322 e. The van der Waals surface area contributed by atoms with E-state index in [1.165, 1.54) is 36.4 Å². The van der Waals surface area contributed by atoms with E-state index in [0.717, 1.165) is 4.31 Å². The molecule has 29 heavy (non-hydrogen) atoms. The second-order valence-electron chi connectivity index (χ2n) is 5.95. The van der Waals surface area contributed by atoms with Crippen molar-refractivity contribution < 1.29 is 17.6 Å². The van der Waals surface area contributed by atoms with Crippen LogP contribution in [0.1, 0.15) is 0 Å². The van der Waals surface area contributed by atoms with E-state index < -0.39 is 28.3 Å². The molecule has 0 atom stereocenters. The third-order valence-corrected chi connectivity index (χ3v) is 6.53. The Bertz CT molecular complexity index is 1140. The van der Waals surface area contributed by atoms with Crippen molar-refractivity contribution in [3.63, 3.8) is 0 Å². The van der Waals surface area contributed by atoms with Gasteiger partial charge in [-0.15, -0.1) is 0 Å². The molecule has 0 heterocycles. The fourth-order valence-corrected chi connectivity index (χ4v) is 4.67. The number of sulfonamides is 1. The SMILES string of the molecule is O=C(CN(c1ccccc1Cl)S(=O)(=O)c1ccccc1)Nc1ccc(Br)cc1F. The number of nitrogens with one attached hydrogen (secondary N) is 1. The van der Waals surface area contributed by atoms with E-state index in [2.05, 4.69) is 21.2 Å². The molecule has 0 unspecified atom stereocenters. The van der Waals surface area contributed by atoms with Gasteiger partial charge in [-0.3, -0.25) is 9.10 Å². The van der Waals surface area contributed by atoms with Crippen LogP contribution in [0.15, 0.2) is 82.2 Å². The molecule has 150 valence electrons. The van der Waals surface area contributed by atoms with Gasteiger partial charge in [0.1, 0.15) is 12.4 Å². The third kappa shape index (κ3) is 4.95. The van der Waals surface area contributed by atoms with Crippen LogP contribution in [0.25, 0.3) is 0 Å².